The van der Waals surface area contributed by atoms with Crippen LogP contribution in [0.15, 0.2) is 28.7 Å². The lowest BCUT2D eigenvalue weighted by molar-refractivity contribution is -0.120. The molecule has 0 fully saturated rings. The molecule has 1 aromatic carbocycles. The Bertz CT molecular complexity index is 616. The fourth-order valence-corrected chi connectivity index (χ4v) is 2.33. The second kappa shape index (κ2) is 6.76. The molecule has 0 radical (unpaired) electrons. The van der Waals surface area contributed by atoms with Crippen LogP contribution in [0.4, 0.5) is 0 Å². The first-order valence-electron chi connectivity index (χ1n) is 7.47. The van der Waals surface area contributed by atoms with E-state index in [0.29, 0.717) is 19.0 Å². The molecule has 2 rings (SSSR count). The topological polar surface area (TPSA) is 54.3 Å². The van der Waals surface area contributed by atoms with Gasteiger partial charge in [0.25, 0.3) is 0 Å². The van der Waals surface area contributed by atoms with Crippen molar-refractivity contribution in [1.29, 1.82) is 0 Å². The average Bonchev–Trinajstić information content (AvgIpc) is 2.80. The van der Waals surface area contributed by atoms with Crippen molar-refractivity contribution in [1.82, 2.24) is 10.6 Å². The number of nitrogens with one attached hydrogen (secondary N) is 2. The van der Waals surface area contributed by atoms with Crippen molar-refractivity contribution in [2.24, 2.45) is 5.92 Å². The Hall–Kier alpha value is -1.81. The van der Waals surface area contributed by atoms with E-state index in [1.807, 2.05) is 25.1 Å². The molecule has 1 atom stereocenters. The third-order valence-electron chi connectivity index (χ3n) is 3.55. The van der Waals surface area contributed by atoms with Crippen molar-refractivity contribution in [2.45, 2.75) is 33.7 Å². The second-order valence-electron chi connectivity index (χ2n) is 5.89. The number of fused-ring (bicyclic) bond motifs is 1. The molecule has 0 saturated carbocycles. The molecule has 114 valence electrons. The number of rotatable bonds is 6. The van der Waals surface area contributed by atoms with Crippen LogP contribution < -0.4 is 10.6 Å². The van der Waals surface area contributed by atoms with E-state index < -0.39 is 0 Å². The lowest BCUT2D eigenvalue weighted by atomic mass is 10.1. The van der Waals surface area contributed by atoms with Crippen LogP contribution in [0.25, 0.3) is 11.0 Å². The Morgan fingerprint density at radius 1 is 1.24 bits per heavy atom. The van der Waals surface area contributed by atoms with Crippen LogP contribution in [0.1, 0.15) is 38.1 Å². The summed E-state index contributed by atoms with van der Waals surface area (Å²) in [5.41, 5.74) is 2.02. The number of carbonyl (C=O) groups is 1. The summed E-state index contributed by atoms with van der Waals surface area (Å²) in [4.78, 5) is 11.7. The SMILES string of the molecule is Cc1c(C(C)NCC(=O)NCC(C)C)oc2ccccc12. The van der Waals surface area contributed by atoms with Gasteiger partial charge in [-0.3, -0.25) is 10.1 Å². The van der Waals surface area contributed by atoms with Crippen molar-refractivity contribution < 1.29 is 9.21 Å². The quantitative estimate of drug-likeness (QED) is 0.858. The van der Waals surface area contributed by atoms with Gasteiger partial charge in [0.05, 0.1) is 12.6 Å². The molecule has 1 heterocycles. The molecule has 1 amide bonds. The maximum atomic E-state index is 11.7. The Morgan fingerprint density at radius 3 is 2.62 bits per heavy atom. The largest absolute Gasteiger partial charge is 0.459 e. The van der Waals surface area contributed by atoms with E-state index in [2.05, 4.69) is 37.5 Å². The first-order valence-corrected chi connectivity index (χ1v) is 7.47. The predicted octanol–water partition coefficient (Wildman–Crippen LogP) is 3.16. The summed E-state index contributed by atoms with van der Waals surface area (Å²) in [6, 6.07) is 7.99. The monoisotopic (exact) mass is 288 g/mol. The van der Waals surface area contributed by atoms with Crippen LogP contribution in [0.2, 0.25) is 0 Å². The molecule has 4 heteroatoms. The molecule has 1 aromatic heterocycles. The summed E-state index contributed by atoms with van der Waals surface area (Å²) >= 11 is 0. The maximum absolute atomic E-state index is 11.7. The Labute approximate surface area is 125 Å². The summed E-state index contributed by atoms with van der Waals surface area (Å²) in [7, 11) is 0. The highest BCUT2D eigenvalue weighted by Crippen LogP contribution is 2.28. The zero-order valence-electron chi connectivity index (χ0n) is 13.2. The van der Waals surface area contributed by atoms with Crippen LogP contribution in [0, 0.1) is 12.8 Å². The standard InChI is InChI=1S/C17H24N2O2/c1-11(2)9-19-16(20)10-18-13(4)17-12(3)14-7-5-6-8-15(14)21-17/h5-8,11,13,18H,9-10H2,1-4H3,(H,19,20). The Balaban J connectivity index is 1.97. The molecule has 0 aliphatic heterocycles. The van der Waals surface area contributed by atoms with E-state index >= 15 is 0 Å². The molecular weight excluding hydrogens is 264 g/mol. The van der Waals surface area contributed by atoms with Gasteiger partial charge in [0, 0.05) is 11.9 Å². The van der Waals surface area contributed by atoms with Gasteiger partial charge in [-0.15, -0.1) is 0 Å². The number of hydrogen-bond donors (Lipinski definition) is 2. The van der Waals surface area contributed by atoms with Crippen LogP contribution in [-0.4, -0.2) is 19.0 Å². The summed E-state index contributed by atoms with van der Waals surface area (Å²) in [6.45, 7) is 9.23. The summed E-state index contributed by atoms with van der Waals surface area (Å²) in [5, 5.41) is 7.25. The van der Waals surface area contributed by atoms with Gasteiger partial charge >= 0.3 is 0 Å². The highest BCUT2D eigenvalue weighted by atomic mass is 16.3. The second-order valence-corrected chi connectivity index (χ2v) is 5.89. The number of furan rings is 1. The summed E-state index contributed by atoms with van der Waals surface area (Å²) < 4.78 is 5.90. The highest BCUT2D eigenvalue weighted by molar-refractivity contribution is 5.82. The van der Waals surface area contributed by atoms with E-state index in [1.165, 1.54) is 0 Å². The van der Waals surface area contributed by atoms with Gasteiger partial charge in [-0.2, -0.15) is 0 Å². The number of carbonyl (C=O) groups excluding carboxylic acids is 1. The van der Waals surface area contributed by atoms with E-state index in [-0.39, 0.29) is 11.9 Å². The Morgan fingerprint density at radius 2 is 1.95 bits per heavy atom. The number of benzene rings is 1. The minimum Gasteiger partial charge on any atom is -0.459 e. The van der Waals surface area contributed by atoms with E-state index in [9.17, 15) is 4.79 Å². The molecule has 0 saturated heterocycles. The minimum atomic E-state index is 0.00204. The number of hydrogen-bond acceptors (Lipinski definition) is 3. The Kier molecular flexibility index (Phi) is 5.02. The van der Waals surface area contributed by atoms with Crippen molar-refractivity contribution in [3.05, 3.63) is 35.6 Å². The van der Waals surface area contributed by atoms with E-state index in [4.69, 9.17) is 4.42 Å². The van der Waals surface area contributed by atoms with Crippen molar-refractivity contribution >= 4 is 16.9 Å². The van der Waals surface area contributed by atoms with Crippen LogP contribution in [0.3, 0.4) is 0 Å². The molecule has 21 heavy (non-hydrogen) atoms. The van der Waals surface area contributed by atoms with Gasteiger partial charge in [0.2, 0.25) is 5.91 Å². The van der Waals surface area contributed by atoms with Crippen molar-refractivity contribution in [3.8, 4) is 0 Å². The van der Waals surface area contributed by atoms with Gasteiger partial charge in [0.1, 0.15) is 11.3 Å². The van der Waals surface area contributed by atoms with Gasteiger partial charge in [-0.05, 0) is 31.4 Å². The minimum absolute atomic E-state index is 0.00204. The smallest absolute Gasteiger partial charge is 0.233 e. The van der Waals surface area contributed by atoms with Crippen LogP contribution in [-0.2, 0) is 4.79 Å². The molecule has 1 unspecified atom stereocenters. The molecular formula is C17H24N2O2. The lowest BCUT2D eigenvalue weighted by Crippen LogP contribution is -2.36. The summed E-state index contributed by atoms with van der Waals surface area (Å²) in [6.07, 6.45) is 0. The summed E-state index contributed by atoms with van der Waals surface area (Å²) in [5.74, 6) is 1.38. The van der Waals surface area contributed by atoms with E-state index in [1.54, 1.807) is 0 Å². The fourth-order valence-electron chi connectivity index (χ4n) is 2.33. The van der Waals surface area contributed by atoms with E-state index in [0.717, 1.165) is 22.3 Å². The predicted molar refractivity (Wildman–Crippen MR) is 85.2 cm³/mol. The number of amides is 1. The lowest BCUT2D eigenvalue weighted by Gasteiger charge is -2.13. The van der Waals surface area contributed by atoms with Gasteiger partial charge < -0.3 is 9.73 Å². The normalized spacial score (nSPS) is 12.8. The molecule has 4 nitrogen and oxygen atoms in total. The first kappa shape index (κ1) is 15.6. The molecule has 0 aliphatic rings. The first-order chi connectivity index (χ1) is 9.99. The van der Waals surface area contributed by atoms with Crippen molar-refractivity contribution in [3.63, 3.8) is 0 Å². The van der Waals surface area contributed by atoms with Crippen molar-refractivity contribution in [2.75, 3.05) is 13.1 Å². The van der Waals surface area contributed by atoms with Crippen LogP contribution in [0.5, 0.6) is 0 Å². The van der Waals surface area contributed by atoms with Gasteiger partial charge in [0.15, 0.2) is 0 Å². The molecule has 0 spiro atoms. The maximum Gasteiger partial charge on any atom is 0.233 e. The highest BCUT2D eigenvalue weighted by Gasteiger charge is 2.16. The fraction of sp³-hybridized carbons (Fsp3) is 0.471. The third-order valence-corrected chi connectivity index (χ3v) is 3.55. The number of para-hydroxylation sites is 1. The molecule has 0 bridgehead atoms. The molecule has 2 N–H and O–H groups in total. The average molecular weight is 288 g/mol. The van der Waals surface area contributed by atoms with Gasteiger partial charge in [-0.25, -0.2) is 0 Å². The third kappa shape index (κ3) is 3.85. The zero-order valence-corrected chi connectivity index (χ0v) is 13.2. The number of aryl methyl sites for hydroxylation is 1. The molecule has 0 aliphatic carbocycles. The molecule has 2 aromatic rings. The zero-order chi connectivity index (χ0) is 15.4. The van der Waals surface area contributed by atoms with Gasteiger partial charge in [-0.1, -0.05) is 32.0 Å². The van der Waals surface area contributed by atoms with Crippen LogP contribution >= 0.6 is 0 Å².